The Kier molecular flexibility index (Phi) is 9.21. The molecule has 13 nitrogen and oxygen atoms in total. The average Bonchev–Trinajstić information content (AvgIpc) is 3.44. The first-order valence-electron chi connectivity index (χ1n) is 12.5. The van der Waals surface area contributed by atoms with E-state index in [1.54, 1.807) is 7.05 Å². The minimum absolute atomic E-state index is 0.0313. The van der Waals surface area contributed by atoms with Crippen molar-refractivity contribution in [1.82, 2.24) is 24.6 Å². The molecule has 3 heterocycles. The van der Waals surface area contributed by atoms with Gasteiger partial charge in [0.1, 0.15) is 12.6 Å². The summed E-state index contributed by atoms with van der Waals surface area (Å²) in [6, 6.07) is 8.26. The Morgan fingerprint density at radius 2 is 2.05 bits per heavy atom. The van der Waals surface area contributed by atoms with Gasteiger partial charge >= 0.3 is 12.7 Å². The highest BCUT2D eigenvalue weighted by Crippen LogP contribution is 2.58. The third-order valence-corrected chi connectivity index (χ3v) is 10.6. The number of methoxy groups -OCH3 is 1. The zero-order chi connectivity index (χ0) is 30.0. The predicted octanol–water partition coefficient (Wildman–Crippen LogP) is 2.99. The zero-order valence-corrected chi connectivity index (χ0v) is 24.5. The minimum Gasteiger partial charge on any atom is -0.468 e. The molecule has 3 aromatic rings. The van der Waals surface area contributed by atoms with Crippen LogP contribution >= 0.6 is 18.1 Å². The van der Waals surface area contributed by atoms with Gasteiger partial charge in [-0.15, -0.1) is 0 Å². The topological polar surface area (TPSA) is 176 Å². The lowest BCUT2D eigenvalue weighted by Crippen LogP contribution is -2.47. The summed E-state index contributed by atoms with van der Waals surface area (Å²) in [5.74, 6) is -3.52. The summed E-state index contributed by atoms with van der Waals surface area (Å²) in [6.45, 7) is -2.81. The van der Waals surface area contributed by atoms with Gasteiger partial charge in [0.25, 0.3) is 5.85 Å². The normalized spacial score (nSPS) is 26.5. The van der Waals surface area contributed by atoms with Gasteiger partial charge in [0.05, 0.1) is 13.4 Å². The highest BCUT2D eigenvalue weighted by Gasteiger charge is 2.65. The van der Waals surface area contributed by atoms with Crippen molar-refractivity contribution in [2.24, 2.45) is 0 Å². The van der Waals surface area contributed by atoms with Crippen LogP contribution in [0.5, 0.6) is 0 Å². The summed E-state index contributed by atoms with van der Waals surface area (Å²) in [6.07, 6.45) is -2.49. The van der Waals surface area contributed by atoms with E-state index in [9.17, 15) is 14.5 Å². The largest absolute Gasteiger partial charge is 0.468 e. The highest BCUT2D eigenvalue weighted by atomic mass is 32.7. The van der Waals surface area contributed by atoms with E-state index in [0.717, 1.165) is 41.9 Å². The molecule has 4 rings (SSSR count). The number of fused-ring (bicyclic) bond motifs is 1. The molecule has 0 saturated carbocycles. The van der Waals surface area contributed by atoms with Gasteiger partial charge in [0.15, 0.2) is 35.0 Å². The van der Waals surface area contributed by atoms with Gasteiger partial charge in [-0.3, -0.25) is 13.9 Å². The monoisotopic (exact) mass is 615 g/mol. The number of carbonyl (C=O) groups is 1. The molecule has 1 aromatic carbocycles. The molecule has 0 aliphatic carbocycles. The number of aliphatic hydroxyl groups excluding tert-OH is 1. The molecule has 5 N–H and O–H groups in total. The molecule has 0 amide bonds. The Morgan fingerprint density at radius 3 is 2.71 bits per heavy atom. The minimum atomic E-state index is -4.03. The molecule has 1 unspecified atom stereocenters. The first kappa shape index (κ1) is 31.1. The van der Waals surface area contributed by atoms with Gasteiger partial charge in [-0.1, -0.05) is 41.7 Å². The number of esters is 1. The maximum atomic E-state index is 16.2. The number of benzene rings is 1. The number of rotatable bonds is 12. The van der Waals surface area contributed by atoms with Crippen LogP contribution in [0.4, 0.5) is 20.5 Å². The van der Waals surface area contributed by atoms with Crippen molar-refractivity contribution in [3.63, 3.8) is 0 Å². The molecule has 2 aromatic heterocycles. The third kappa shape index (κ3) is 6.47. The number of nitrogens with two attached hydrogens (primary N) is 1. The first-order chi connectivity index (χ1) is 19.3. The lowest BCUT2D eigenvalue weighted by molar-refractivity contribution is -0.201. The molecule has 1 saturated heterocycles. The van der Waals surface area contributed by atoms with Crippen LogP contribution in [0.15, 0.2) is 36.7 Å². The molecular formula is C24H32F2N7O6PS. The number of nitrogens with one attached hydrogen (secondary N) is 2. The molecule has 224 valence electrons. The van der Waals surface area contributed by atoms with Crippen molar-refractivity contribution in [2.75, 3.05) is 37.6 Å². The van der Waals surface area contributed by atoms with Crippen LogP contribution < -0.4 is 16.1 Å². The number of aromatic nitrogens is 4. The predicted molar refractivity (Wildman–Crippen MR) is 150 cm³/mol. The Labute approximate surface area is 238 Å². The number of halogens is 2. The lowest BCUT2D eigenvalue weighted by atomic mass is 9.97. The Bertz CT molecular complexity index is 1430. The van der Waals surface area contributed by atoms with Crippen LogP contribution in [0.2, 0.25) is 0 Å². The number of hydrogen-bond acceptors (Lipinski definition) is 12. The molecule has 6 atom stereocenters. The molecule has 0 radical (unpaired) electrons. The van der Waals surface area contributed by atoms with Crippen molar-refractivity contribution in [3.05, 3.63) is 42.2 Å². The number of carbonyl (C=O) groups excluding carboxylic acids is 1. The molecule has 17 heteroatoms. The smallest absolute Gasteiger partial charge is 0.327 e. The molecule has 41 heavy (non-hydrogen) atoms. The molecule has 1 aliphatic rings. The molecule has 1 aliphatic heterocycles. The van der Waals surface area contributed by atoms with Crippen LogP contribution in [0.25, 0.3) is 11.2 Å². The van der Waals surface area contributed by atoms with Crippen LogP contribution in [0.1, 0.15) is 25.6 Å². The zero-order valence-electron chi connectivity index (χ0n) is 22.8. The van der Waals surface area contributed by atoms with Crippen molar-refractivity contribution in [3.8, 4) is 0 Å². The number of imidazole rings is 1. The van der Waals surface area contributed by atoms with E-state index in [0.29, 0.717) is 6.42 Å². The number of ether oxygens (including phenoxy) is 2. The second-order valence-electron chi connectivity index (χ2n) is 9.53. The number of nitrogen functional groups attached to an aromatic ring is 1. The van der Waals surface area contributed by atoms with Gasteiger partial charge in [-0.05, 0) is 25.8 Å². The average molecular weight is 616 g/mol. The van der Waals surface area contributed by atoms with E-state index in [2.05, 4.69) is 30.1 Å². The quantitative estimate of drug-likeness (QED) is 0.173. The lowest BCUT2D eigenvalue weighted by Gasteiger charge is -2.28. The number of alkyl halides is 2. The van der Waals surface area contributed by atoms with Crippen molar-refractivity contribution in [1.29, 1.82) is 0 Å². The number of aliphatic hydroxyl groups is 1. The van der Waals surface area contributed by atoms with E-state index in [1.807, 2.05) is 30.3 Å². The van der Waals surface area contributed by atoms with Gasteiger partial charge in [-0.2, -0.15) is 9.97 Å². The van der Waals surface area contributed by atoms with Gasteiger partial charge in [-0.25, -0.2) is 18.9 Å². The molecular weight excluding hydrogens is 583 g/mol. The van der Waals surface area contributed by atoms with Gasteiger partial charge < -0.3 is 30.2 Å². The van der Waals surface area contributed by atoms with Crippen LogP contribution in [0.3, 0.4) is 0 Å². The fourth-order valence-electron chi connectivity index (χ4n) is 4.32. The summed E-state index contributed by atoms with van der Waals surface area (Å²) in [4.78, 5) is 24.2. The third-order valence-electron chi connectivity index (χ3n) is 6.49. The number of nitrogens with zero attached hydrogens (tertiary/aromatic N) is 4. The number of anilines is 2. The van der Waals surface area contributed by atoms with Crippen molar-refractivity contribution < 1.29 is 37.2 Å². The maximum Gasteiger partial charge on any atom is 0.327 e. The second kappa shape index (κ2) is 12.2. The summed E-state index contributed by atoms with van der Waals surface area (Å²) in [7, 11) is 2.73. The molecule has 1 fully saturated rings. The summed E-state index contributed by atoms with van der Waals surface area (Å²) >= 11 is 0.828. The Morgan fingerprint density at radius 1 is 1.34 bits per heavy atom. The Balaban J connectivity index is 1.56. The van der Waals surface area contributed by atoms with E-state index in [4.69, 9.17) is 15.0 Å². The van der Waals surface area contributed by atoms with Crippen molar-refractivity contribution >= 4 is 47.0 Å². The second-order valence-corrected chi connectivity index (χ2v) is 13.9. The van der Waals surface area contributed by atoms with E-state index in [1.165, 1.54) is 6.92 Å². The van der Waals surface area contributed by atoms with Crippen LogP contribution in [-0.4, -0.2) is 80.8 Å². The van der Waals surface area contributed by atoms with E-state index >= 15 is 8.78 Å². The first-order valence-corrected chi connectivity index (χ1v) is 15.8. The fourth-order valence-corrected chi connectivity index (χ4v) is 8.11. The summed E-state index contributed by atoms with van der Waals surface area (Å²) in [5.41, 5.74) is 4.24. The number of aryl methyl sites for hydroxylation is 1. The van der Waals surface area contributed by atoms with Gasteiger partial charge in [0.2, 0.25) is 5.95 Å². The highest BCUT2D eigenvalue weighted by molar-refractivity contribution is 8.56. The van der Waals surface area contributed by atoms with E-state index < -0.39 is 49.2 Å². The summed E-state index contributed by atoms with van der Waals surface area (Å²) < 4.78 is 62.5. The maximum absolute atomic E-state index is 16.2. The van der Waals surface area contributed by atoms with Crippen molar-refractivity contribution in [2.45, 2.75) is 50.2 Å². The number of hydrogen-bond donors (Lipinski definition) is 4. The van der Waals surface area contributed by atoms with E-state index in [-0.39, 0.29) is 28.7 Å². The molecule has 0 spiro atoms. The fraction of sp³-hybridized carbons (Fsp3) is 0.500. The molecule has 0 bridgehead atoms. The van der Waals surface area contributed by atoms with Gasteiger partial charge in [0, 0.05) is 12.8 Å². The summed E-state index contributed by atoms with van der Waals surface area (Å²) in [5, 5.41) is 16.1. The van der Waals surface area contributed by atoms with Crippen LogP contribution in [-0.2, 0) is 29.8 Å². The SMILES string of the molecule is CNc1nc(N)nc2c1ncn2[C@@H]1O[C@](F)(COP(=O)(N[C@H](C)C(=O)OC)SCCc2ccccc2)[C@@H](O)[C@@]1(C)F. The van der Waals surface area contributed by atoms with Crippen LogP contribution in [0, 0.1) is 0 Å². The standard InChI is InChI=1S/C24H32F2N7O6PS/c1-14(19(34)37-4)32-40(36,41-11-10-15-8-6-5-7-9-15)38-12-24(26)20(35)23(2,25)21(39-24)33-13-29-16-17(28-3)30-22(27)31-18(16)33/h5-9,13-14,20-21,35H,10-12H2,1-4H3,(H,32,36)(H3,27,28,30,31)/t14-,20+,21-,23-,24-,40?/m1/s1. The Hall–Kier alpha value is -2.88.